The summed E-state index contributed by atoms with van der Waals surface area (Å²) in [6, 6.07) is 5.43. The number of hydrogen-bond acceptors (Lipinski definition) is 2. The molecule has 1 heterocycles. The summed E-state index contributed by atoms with van der Waals surface area (Å²) >= 11 is 0. The molecular formula is C11H6F4N2O. The number of Topliss-reactive ketones (excluding diaryl/α,β-unsaturated/α-hetero) is 1. The molecule has 0 bridgehead atoms. The van der Waals surface area contributed by atoms with Crippen molar-refractivity contribution in [3.63, 3.8) is 0 Å². The third-order valence-electron chi connectivity index (χ3n) is 2.21. The predicted molar refractivity (Wildman–Crippen MR) is 54.4 cm³/mol. The van der Waals surface area contributed by atoms with Crippen LogP contribution in [0.4, 0.5) is 17.6 Å². The second-order valence-electron chi connectivity index (χ2n) is 3.45. The van der Waals surface area contributed by atoms with Gasteiger partial charge < -0.3 is 4.98 Å². The van der Waals surface area contributed by atoms with Crippen LogP contribution in [0.3, 0.4) is 0 Å². The summed E-state index contributed by atoms with van der Waals surface area (Å²) in [5.41, 5.74) is -0.723. The van der Waals surface area contributed by atoms with Gasteiger partial charge in [0.25, 0.3) is 5.78 Å². The number of aromatic amines is 1. The van der Waals surface area contributed by atoms with Crippen molar-refractivity contribution in [3.05, 3.63) is 42.0 Å². The number of rotatable bonds is 2. The smallest absolute Gasteiger partial charge is 0.335 e. The quantitative estimate of drug-likeness (QED) is 0.664. The lowest BCUT2D eigenvalue weighted by Gasteiger charge is -2.02. The first kappa shape index (κ1) is 12.3. The molecule has 2 aromatic rings. The average molecular weight is 258 g/mol. The van der Waals surface area contributed by atoms with Crippen LogP contribution in [0.2, 0.25) is 0 Å². The number of imidazole rings is 1. The summed E-state index contributed by atoms with van der Waals surface area (Å²) < 4.78 is 49.8. The van der Waals surface area contributed by atoms with Gasteiger partial charge in [-0.3, -0.25) is 4.79 Å². The Kier molecular flexibility index (Phi) is 2.90. The molecule has 0 radical (unpaired) electrons. The number of nitrogens with one attached hydrogen (secondary N) is 1. The molecule has 1 aromatic heterocycles. The predicted octanol–water partition coefficient (Wildman–Crippen LogP) is 2.96. The first-order valence-electron chi connectivity index (χ1n) is 4.81. The Morgan fingerprint density at radius 3 is 2.50 bits per heavy atom. The second kappa shape index (κ2) is 4.25. The Morgan fingerprint density at radius 2 is 1.89 bits per heavy atom. The Morgan fingerprint density at radius 1 is 1.22 bits per heavy atom. The third kappa shape index (κ3) is 2.24. The number of aromatic nitrogens is 2. The zero-order valence-corrected chi connectivity index (χ0v) is 8.75. The van der Waals surface area contributed by atoms with Gasteiger partial charge in [-0.15, -0.1) is 0 Å². The highest BCUT2D eigenvalue weighted by Crippen LogP contribution is 2.23. The van der Waals surface area contributed by atoms with E-state index >= 15 is 0 Å². The SMILES string of the molecule is O=C(c1cnc(-c2ccccc2F)[nH]1)C(F)(F)F. The highest BCUT2D eigenvalue weighted by atomic mass is 19.4. The van der Waals surface area contributed by atoms with E-state index in [-0.39, 0.29) is 11.4 Å². The van der Waals surface area contributed by atoms with Crippen LogP contribution in [0.1, 0.15) is 10.5 Å². The Balaban J connectivity index is 2.38. The second-order valence-corrected chi connectivity index (χ2v) is 3.45. The van der Waals surface area contributed by atoms with Crippen LogP contribution in [0.5, 0.6) is 0 Å². The van der Waals surface area contributed by atoms with Crippen LogP contribution in [-0.2, 0) is 0 Å². The van der Waals surface area contributed by atoms with Gasteiger partial charge in [-0.2, -0.15) is 13.2 Å². The summed E-state index contributed by atoms with van der Waals surface area (Å²) in [6.45, 7) is 0. The molecule has 7 heteroatoms. The maximum absolute atomic E-state index is 13.4. The maximum atomic E-state index is 13.4. The minimum Gasteiger partial charge on any atom is -0.335 e. The number of H-pyrrole nitrogens is 1. The molecule has 0 spiro atoms. The highest BCUT2D eigenvalue weighted by Gasteiger charge is 2.40. The van der Waals surface area contributed by atoms with Crippen molar-refractivity contribution in [2.24, 2.45) is 0 Å². The van der Waals surface area contributed by atoms with Crippen molar-refractivity contribution in [1.29, 1.82) is 0 Å². The molecule has 1 N–H and O–H groups in total. The molecule has 0 aliphatic carbocycles. The number of alkyl halides is 3. The molecule has 0 saturated heterocycles. The lowest BCUT2D eigenvalue weighted by molar-refractivity contribution is -0.0888. The summed E-state index contributed by atoms with van der Waals surface area (Å²) in [6.07, 6.45) is -4.25. The van der Waals surface area contributed by atoms with Crippen LogP contribution in [-0.4, -0.2) is 21.9 Å². The lowest BCUT2D eigenvalue weighted by Crippen LogP contribution is -2.22. The van der Waals surface area contributed by atoms with Crippen molar-refractivity contribution in [2.75, 3.05) is 0 Å². The fourth-order valence-corrected chi connectivity index (χ4v) is 1.38. The summed E-state index contributed by atoms with van der Waals surface area (Å²) in [4.78, 5) is 16.6. The van der Waals surface area contributed by atoms with Crippen LogP contribution >= 0.6 is 0 Å². The Labute approximate surface area is 98.5 Å². The topological polar surface area (TPSA) is 45.8 Å². The largest absolute Gasteiger partial charge is 0.456 e. The zero-order valence-electron chi connectivity index (χ0n) is 8.75. The van der Waals surface area contributed by atoms with Gasteiger partial charge in [0.05, 0.1) is 11.8 Å². The molecular weight excluding hydrogens is 252 g/mol. The number of halogens is 4. The first-order chi connectivity index (χ1) is 8.39. The van der Waals surface area contributed by atoms with E-state index in [1.165, 1.54) is 18.2 Å². The zero-order chi connectivity index (χ0) is 13.3. The number of benzene rings is 1. The van der Waals surface area contributed by atoms with E-state index in [1.54, 1.807) is 0 Å². The molecule has 3 nitrogen and oxygen atoms in total. The molecule has 0 saturated carbocycles. The van der Waals surface area contributed by atoms with E-state index in [0.717, 1.165) is 12.3 Å². The van der Waals surface area contributed by atoms with Crippen molar-refractivity contribution in [3.8, 4) is 11.4 Å². The summed E-state index contributed by atoms with van der Waals surface area (Å²) in [5, 5.41) is 0. The van der Waals surface area contributed by atoms with Crippen LogP contribution in [0.25, 0.3) is 11.4 Å². The van der Waals surface area contributed by atoms with Gasteiger partial charge >= 0.3 is 6.18 Å². The van der Waals surface area contributed by atoms with Gasteiger partial charge in [-0.1, -0.05) is 12.1 Å². The normalized spacial score (nSPS) is 11.6. The van der Waals surface area contributed by atoms with Crippen molar-refractivity contribution >= 4 is 5.78 Å². The minimum absolute atomic E-state index is 0.00118. The van der Waals surface area contributed by atoms with Crippen molar-refractivity contribution < 1.29 is 22.4 Å². The number of carbonyl (C=O) groups excluding carboxylic acids is 1. The van der Waals surface area contributed by atoms with Gasteiger partial charge in [0.15, 0.2) is 0 Å². The van der Waals surface area contributed by atoms with E-state index in [0.29, 0.717) is 0 Å². The molecule has 2 rings (SSSR count). The number of nitrogens with zero attached hydrogens (tertiary/aromatic N) is 1. The fourth-order valence-electron chi connectivity index (χ4n) is 1.38. The van der Waals surface area contributed by atoms with Crippen molar-refractivity contribution in [2.45, 2.75) is 6.18 Å². The monoisotopic (exact) mass is 258 g/mol. The molecule has 0 unspecified atom stereocenters. The molecule has 0 aliphatic heterocycles. The number of hydrogen-bond donors (Lipinski definition) is 1. The molecule has 0 fully saturated rings. The van der Waals surface area contributed by atoms with Crippen molar-refractivity contribution in [1.82, 2.24) is 9.97 Å². The van der Waals surface area contributed by atoms with Gasteiger partial charge in [-0.05, 0) is 12.1 Å². The lowest BCUT2D eigenvalue weighted by atomic mass is 10.2. The first-order valence-corrected chi connectivity index (χ1v) is 4.81. The van der Waals surface area contributed by atoms with Gasteiger partial charge in [0, 0.05) is 0 Å². The van der Waals surface area contributed by atoms with Crippen LogP contribution < -0.4 is 0 Å². The Bertz CT molecular complexity index is 589. The fraction of sp³-hybridized carbons (Fsp3) is 0.0909. The van der Waals surface area contributed by atoms with Gasteiger partial charge in [0.1, 0.15) is 17.3 Å². The average Bonchev–Trinajstić information content (AvgIpc) is 2.76. The molecule has 18 heavy (non-hydrogen) atoms. The van der Waals surface area contributed by atoms with Gasteiger partial charge in [0.2, 0.25) is 0 Å². The van der Waals surface area contributed by atoms with E-state index in [4.69, 9.17) is 0 Å². The van der Waals surface area contributed by atoms with Crippen LogP contribution in [0, 0.1) is 5.82 Å². The Hall–Kier alpha value is -2.18. The maximum Gasteiger partial charge on any atom is 0.456 e. The molecule has 0 atom stereocenters. The summed E-state index contributed by atoms with van der Waals surface area (Å²) in [7, 11) is 0. The third-order valence-corrected chi connectivity index (χ3v) is 2.21. The number of carbonyl (C=O) groups is 1. The van der Waals surface area contributed by atoms with E-state index in [9.17, 15) is 22.4 Å². The van der Waals surface area contributed by atoms with E-state index in [2.05, 4.69) is 9.97 Å². The van der Waals surface area contributed by atoms with E-state index in [1.807, 2.05) is 0 Å². The molecule has 94 valence electrons. The summed E-state index contributed by atoms with van der Waals surface area (Å²) in [5.74, 6) is -2.81. The number of ketones is 1. The molecule has 0 amide bonds. The highest BCUT2D eigenvalue weighted by molar-refractivity contribution is 5.98. The molecule has 1 aromatic carbocycles. The minimum atomic E-state index is -4.99. The van der Waals surface area contributed by atoms with E-state index < -0.39 is 23.5 Å². The van der Waals surface area contributed by atoms with Crippen LogP contribution in [0.15, 0.2) is 30.5 Å². The molecule has 0 aliphatic rings. The van der Waals surface area contributed by atoms with Gasteiger partial charge in [-0.25, -0.2) is 9.37 Å². The standard InChI is InChI=1S/C11H6F4N2O/c12-7-4-2-1-3-6(7)10-16-5-8(17-10)9(18)11(13,14)15/h1-5H,(H,16,17).